The highest BCUT2D eigenvalue weighted by Gasteiger charge is 2.11. The molecule has 4 nitrogen and oxygen atoms in total. The van der Waals surface area contributed by atoms with Crippen molar-refractivity contribution in [2.45, 2.75) is 6.92 Å². The lowest BCUT2D eigenvalue weighted by molar-refractivity contribution is 0.689. The molecule has 1 atom stereocenters. The number of aromatic nitrogens is 2. The molecule has 1 unspecified atom stereocenters. The number of aryl methyl sites for hydroxylation is 1. The number of benzene rings is 1. The highest BCUT2D eigenvalue weighted by atomic mass is 35.5. The topological polar surface area (TPSA) is 57.8 Å². The number of anilines is 1. The average molecular weight is 244 g/mol. The van der Waals surface area contributed by atoms with Crippen molar-refractivity contribution in [2.24, 2.45) is 0 Å². The van der Waals surface area contributed by atoms with Crippen LogP contribution in [0.2, 0.25) is 5.02 Å². The average Bonchev–Trinajstić information content (AvgIpc) is 2.56. The maximum absolute atomic E-state index is 11.1. The van der Waals surface area contributed by atoms with E-state index in [0.717, 1.165) is 16.5 Å². The van der Waals surface area contributed by atoms with E-state index in [1.807, 2.05) is 13.0 Å². The van der Waals surface area contributed by atoms with E-state index < -0.39 is 11.0 Å². The van der Waals surface area contributed by atoms with Gasteiger partial charge in [0.15, 0.2) is 5.82 Å². The van der Waals surface area contributed by atoms with Crippen molar-refractivity contribution in [3.05, 3.63) is 22.7 Å². The predicted octanol–water partition coefficient (Wildman–Crippen LogP) is 2.23. The lowest BCUT2D eigenvalue weighted by Gasteiger charge is -2.00. The summed E-state index contributed by atoms with van der Waals surface area (Å²) >= 11 is 6.06. The van der Waals surface area contributed by atoms with Crippen molar-refractivity contribution in [1.29, 1.82) is 0 Å². The number of aromatic amines is 1. The Morgan fingerprint density at radius 2 is 2.27 bits per heavy atom. The van der Waals surface area contributed by atoms with Crippen LogP contribution in [-0.2, 0) is 11.0 Å². The number of rotatable bonds is 2. The van der Waals surface area contributed by atoms with E-state index in [1.54, 1.807) is 12.3 Å². The minimum atomic E-state index is -1.16. The SMILES string of the molecule is Cc1ccc(Cl)c2c(NS(C)=O)n[nH]c12. The van der Waals surface area contributed by atoms with Crippen LogP contribution in [-0.4, -0.2) is 20.7 Å². The monoisotopic (exact) mass is 243 g/mol. The summed E-state index contributed by atoms with van der Waals surface area (Å²) in [5.41, 5.74) is 1.92. The Labute approximate surface area is 94.6 Å². The fourth-order valence-corrected chi connectivity index (χ4v) is 2.10. The van der Waals surface area contributed by atoms with Crippen LogP contribution in [0.15, 0.2) is 12.1 Å². The van der Waals surface area contributed by atoms with Gasteiger partial charge in [-0.05, 0) is 18.6 Å². The lowest BCUT2D eigenvalue weighted by atomic mass is 10.1. The Morgan fingerprint density at radius 1 is 1.53 bits per heavy atom. The second kappa shape index (κ2) is 3.83. The van der Waals surface area contributed by atoms with Crippen molar-refractivity contribution < 1.29 is 4.21 Å². The standard InChI is InChI=1S/C9H10ClN3OS/c1-5-3-4-6(10)7-8(5)11-12-9(7)13-15(2)14/h3-4H,1-2H3,(H2,11,12,13). The molecular weight excluding hydrogens is 234 g/mol. The van der Waals surface area contributed by atoms with Gasteiger partial charge >= 0.3 is 0 Å². The molecule has 1 aromatic heterocycles. The molecular formula is C9H10ClN3OS. The van der Waals surface area contributed by atoms with Crippen LogP contribution < -0.4 is 4.72 Å². The van der Waals surface area contributed by atoms with E-state index in [1.165, 1.54) is 0 Å². The molecule has 0 fully saturated rings. The first-order valence-electron chi connectivity index (χ1n) is 4.33. The van der Waals surface area contributed by atoms with Crippen molar-refractivity contribution >= 4 is 39.3 Å². The molecule has 2 rings (SSSR count). The highest BCUT2D eigenvalue weighted by Crippen LogP contribution is 2.30. The van der Waals surface area contributed by atoms with Gasteiger partial charge in [-0.25, -0.2) is 4.21 Å². The molecule has 0 aliphatic heterocycles. The molecule has 0 aliphatic carbocycles. The maximum Gasteiger partial charge on any atom is 0.168 e. The summed E-state index contributed by atoms with van der Waals surface area (Å²) in [5.74, 6) is 0.527. The van der Waals surface area contributed by atoms with Crippen LogP contribution in [0.4, 0.5) is 5.82 Å². The van der Waals surface area contributed by atoms with Gasteiger partial charge in [0.25, 0.3) is 0 Å². The number of hydrogen-bond donors (Lipinski definition) is 2. The van der Waals surface area contributed by atoms with Gasteiger partial charge < -0.3 is 0 Å². The number of hydrogen-bond acceptors (Lipinski definition) is 2. The molecule has 0 amide bonds. The highest BCUT2D eigenvalue weighted by molar-refractivity contribution is 7.85. The number of nitrogens with one attached hydrogen (secondary N) is 2. The van der Waals surface area contributed by atoms with Gasteiger partial charge in [-0.1, -0.05) is 17.7 Å². The van der Waals surface area contributed by atoms with Crippen LogP contribution in [0.5, 0.6) is 0 Å². The van der Waals surface area contributed by atoms with Gasteiger partial charge in [-0.2, -0.15) is 5.10 Å². The second-order valence-corrected chi connectivity index (χ2v) is 4.76. The summed E-state index contributed by atoms with van der Waals surface area (Å²) in [4.78, 5) is 0. The molecule has 2 N–H and O–H groups in total. The number of fused-ring (bicyclic) bond motifs is 1. The second-order valence-electron chi connectivity index (χ2n) is 3.24. The Morgan fingerprint density at radius 3 is 2.93 bits per heavy atom. The van der Waals surface area contributed by atoms with Gasteiger partial charge in [0.1, 0.15) is 11.0 Å². The quantitative estimate of drug-likeness (QED) is 0.850. The molecule has 0 saturated carbocycles. The molecule has 80 valence electrons. The summed E-state index contributed by atoms with van der Waals surface area (Å²) in [5, 5.41) is 8.29. The molecule has 15 heavy (non-hydrogen) atoms. The molecule has 2 aromatic rings. The molecule has 0 saturated heterocycles. The zero-order chi connectivity index (χ0) is 11.0. The van der Waals surface area contributed by atoms with Crippen LogP contribution in [0.3, 0.4) is 0 Å². The number of H-pyrrole nitrogens is 1. The Hall–Kier alpha value is -1.07. The molecule has 1 heterocycles. The van der Waals surface area contributed by atoms with E-state index in [-0.39, 0.29) is 0 Å². The minimum Gasteiger partial charge on any atom is -0.288 e. The van der Waals surface area contributed by atoms with Crippen molar-refractivity contribution in [3.63, 3.8) is 0 Å². The maximum atomic E-state index is 11.1. The molecule has 0 spiro atoms. The van der Waals surface area contributed by atoms with Gasteiger partial charge in [-0.15, -0.1) is 0 Å². The first-order valence-corrected chi connectivity index (χ1v) is 6.26. The van der Waals surface area contributed by atoms with Crippen LogP contribution in [0.1, 0.15) is 5.56 Å². The van der Waals surface area contributed by atoms with Crippen LogP contribution in [0.25, 0.3) is 10.9 Å². The van der Waals surface area contributed by atoms with Crippen molar-refractivity contribution in [3.8, 4) is 0 Å². The number of nitrogens with zero attached hydrogens (tertiary/aromatic N) is 1. The van der Waals surface area contributed by atoms with E-state index in [9.17, 15) is 4.21 Å². The third-order valence-corrected chi connectivity index (χ3v) is 2.92. The van der Waals surface area contributed by atoms with Crippen LogP contribution >= 0.6 is 11.6 Å². The number of halogens is 1. The Bertz CT molecular complexity index is 537. The van der Waals surface area contributed by atoms with E-state index in [4.69, 9.17) is 11.6 Å². The van der Waals surface area contributed by atoms with Gasteiger partial charge in [0, 0.05) is 6.26 Å². The molecule has 0 radical (unpaired) electrons. The van der Waals surface area contributed by atoms with Crippen molar-refractivity contribution in [2.75, 3.05) is 11.0 Å². The van der Waals surface area contributed by atoms with E-state index >= 15 is 0 Å². The first kappa shape index (κ1) is 10.4. The fraction of sp³-hybridized carbons (Fsp3) is 0.222. The van der Waals surface area contributed by atoms with Gasteiger partial charge in [0.2, 0.25) is 0 Å². The predicted molar refractivity (Wildman–Crippen MR) is 63.5 cm³/mol. The van der Waals surface area contributed by atoms with Gasteiger partial charge in [0.05, 0.1) is 15.9 Å². The summed E-state index contributed by atoms with van der Waals surface area (Å²) in [7, 11) is -1.16. The normalized spacial score (nSPS) is 13.0. The smallest absolute Gasteiger partial charge is 0.168 e. The minimum absolute atomic E-state index is 0.527. The zero-order valence-corrected chi connectivity index (χ0v) is 9.87. The summed E-state index contributed by atoms with van der Waals surface area (Å²) in [6.07, 6.45) is 1.55. The largest absolute Gasteiger partial charge is 0.288 e. The van der Waals surface area contributed by atoms with Gasteiger partial charge in [-0.3, -0.25) is 9.82 Å². The molecule has 0 aliphatic rings. The Kier molecular flexibility index (Phi) is 2.67. The molecule has 1 aromatic carbocycles. The fourth-order valence-electron chi connectivity index (χ4n) is 1.43. The summed E-state index contributed by atoms with van der Waals surface area (Å²) < 4.78 is 13.8. The van der Waals surface area contributed by atoms with E-state index in [2.05, 4.69) is 14.9 Å². The molecule has 0 bridgehead atoms. The first-order chi connectivity index (χ1) is 7.09. The van der Waals surface area contributed by atoms with E-state index in [0.29, 0.717) is 10.8 Å². The third-order valence-electron chi connectivity index (χ3n) is 2.12. The third kappa shape index (κ3) is 1.85. The van der Waals surface area contributed by atoms with Crippen molar-refractivity contribution in [1.82, 2.24) is 10.2 Å². The zero-order valence-electron chi connectivity index (χ0n) is 8.30. The lowest BCUT2D eigenvalue weighted by Crippen LogP contribution is -2.01. The summed E-state index contributed by atoms with van der Waals surface area (Å²) in [6.45, 7) is 1.96. The Balaban J connectivity index is 2.67. The van der Waals surface area contributed by atoms with Crippen LogP contribution in [0, 0.1) is 6.92 Å². The summed E-state index contributed by atoms with van der Waals surface area (Å²) in [6, 6.07) is 3.72. The molecule has 6 heteroatoms.